The van der Waals surface area contributed by atoms with Crippen molar-refractivity contribution >= 4 is 5.91 Å². The maximum absolute atomic E-state index is 13.3. The molecule has 1 aliphatic rings. The first-order valence-corrected chi connectivity index (χ1v) is 8.78. The van der Waals surface area contributed by atoms with Crippen molar-refractivity contribution in [2.45, 2.75) is 19.3 Å². The first kappa shape index (κ1) is 18.5. The van der Waals surface area contributed by atoms with Crippen molar-refractivity contribution < 1.29 is 18.0 Å². The number of carbonyl (C=O) groups is 1. The largest absolute Gasteiger partial charge is 0.352 e. The summed E-state index contributed by atoms with van der Waals surface area (Å²) in [5.74, 6) is -3.55. The number of rotatable bonds is 5. The zero-order valence-electron chi connectivity index (χ0n) is 14.3. The minimum absolute atomic E-state index is 0.184. The van der Waals surface area contributed by atoms with E-state index < -0.39 is 17.5 Å². The molecule has 2 N–H and O–H groups in total. The molecule has 2 aromatic rings. The molecule has 0 aliphatic carbocycles. The van der Waals surface area contributed by atoms with Gasteiger partial charge in [0.05, 0.1) is 0 Å². The van der Waals surface area contributed by atoms with Crippen LogP contribution < -0.4 is 10.6 Å². The van der Waals surface area contributed by atoms with Crippen LogP contribution in [0, 0.1) is 23.4 Å². The van der Waals surface area contributed by atoms with E-state index in [1.54, 1.807) is 24.3 Å². The number of piperidine rings is 1. The van der Waals surface area contributed by atoms with Crippen LogP contribution in [0.1, 0.15) is 29.6 Å². The minimum atomic E-state index is -1.49. The second-order valence-electron chi connectivity index (χ2n) is 6.59. The van der Waals surface area contributed by atoms with E-state index in [1.807, 2.05) is 0 Å². The van der Waals surface area contributed by atoms with E-state index in [9.17, 15) is 18.0 Å². The Hall–Kier alpha value is -2.34. The Labute approximate surface area is 150 Å². The van der Waals surface area contributed by atoms with E-state index in [-0.39, 0.29) is 11.5 Å². The van der Waals surface area contributed by atoms with Crippen molar-refractivity contribution in [1.29, 1.82) is 0 Å². The highest BCUT2D eigenvalue weighted by Gasteiger charge is 2.14. The third-order valence-corrected chi connectivity index (χ3v) is 4.70. The van der Waals surface area contributed by atoms with E-state index in [4.69, 9.17) is 0 Å². The number of hydrogen-bond acceptors (Lipinski definition) is 2. The Balaban J connectivity index is 1.59. The Morgan fingerprint density at radius 2 is 1.77 bits per heavy atom. The summed E-state index contributed by atoms with van der Waals surface area (Å²) < 4.78 is 39.7. The average Bonchev–Trinajstić information content (AvgIpc) is 2.66. The fraction of sp³-hybridized carbons (Fsp3) is 0.350. The molecule has 0 radical (unpaired) electrons. The van der Waals surface area contributed by atoms with E-state index in [0.29, 0.717) is 23.6 Å². The molecule has 1 amide bonds. The molecule has 1 atom stereocenters. The predicted octanol–water partition coefficient (Wildman–Crippen LogP) is 3.89. The zero-order valence-corrected chi connectivity index (χ0v) is 14.3. The molecule has 0 bridgehead atoms. The van der Waals surface area contributed by atoms with Crippen molar-refractivity contribution in [3.8, 4) is 11.1 Å². The van der Waals surface area contributed by atoms with Gasteiger partial charge in [0.25, 0.3) is 5.91 Å². The van der Waals surface area contributed by atoms with E-state index in [0.717, 1.165) is 31.6 Å². The number of nitrogens with one attached hydrogen (secondary N) is 2. The molecule has 1 aliphatic heterocycles. The lowest BCUT2D eigenvalue weighted by Crippen LogP contribution is -2.33. The summed E-state index contributed by atoms with van der Waals surface area (Å²) in [4.78, 5) is 12.2. The SMILES string of the molecule is O=C(NCCC1CCCNC1)c1ccc(-c2cc(F)c(F)c(F)c2)cc1. The summed E-state index contributed by atoms with van der Waals surface area (Å²) in [6, 6.07) is 8.23. The second-order valence-corrected chi connectivity index (χ2v) is 6.59. The predicted molar refractivity (Wildman–Crippen MR) is 94.3 cm³/mol. The van der Waals surface area contributed by atoms with Crippen LogP contribution in [-0.4, -0.2) is 25.5 Å². The molecule has 3 nitrogen and oxygen atoms in total. The van der Waals surface area contributed by atoms with E-state index in [2.05, 4.69) is 10.6 Å². The minimum Gasteiger partial charge on any atom is -0.352 e. The first-order chi connectivity index (χ1) is 12.5. The van der Waals surface area contributed by atoms with Gasteiger partial charge in [0.1, 0.15) is 0 Å². The van der Waals surface area contributed by atoms with Gasteiger partial charge in [-0.15, -0.1) is 0 Å². The summed E-state index contributed by atoms with van der Waals surface area (Å²) in [7, 11) is 0. The molecule has 0 saturated carbocycles. The van der Waals surface area contributed by atoms with Crippen LogP contribution >= 0.6 is 0 Å². The van der Waals surface area contributed by atoms with Gasteiger partial charge in [0.2, 0.25) is 0 Å². The van der Waals surface area contributed by atoms with Gasteiger partial charge < -0.3 is 10.6 Å². The smallest absolute Gasteiger partial charge is 0.251 e. The lowest BCUT2D eigenvalue weighted by atomic mass is 9.96. The standard InChI is InChI=1S/C20H21F3N2O/c21-17-10-16(11-18(22)19(17)23)14-3-5-15(6-4-14)20(26)25-9-7-13-2-1-8-24-12-13/h3-6,10-11,13,24H,1-2,7-9,12H2,(H,25,26). The number of carbonyl (C=O) groups excluding carboxylic acids is 1. The number of hydrogen-bond donors (Lipinski definition) is 2. The van der Waals surface area contributed by atoms with Gasteiger partial charge in [-0.3, -0.25) is 4.79 Å². The van der Waals surface area contributed by atoms with Gasteiger partial charge in [-0.2, -0.15) is 0 Å². The molecular formula is C20H21F3N2O. The van der Waals surface area contributed by atoms with Gasteiger partial charge in [0, 0.05) is 12.1 Å². The van der Waals surface area contributed by atoms with Crippen LogP contribution in [0.4, 0.5) is 13.2 Å². The third-order valence-electron chi connectivity index (χ3n) is 4.70. The lowest BCUT2D eigenvalue weighted by molar-refractivity contribution is 0.0950. The van der Waals surface area contributed by atoms with Crippen molar-refractivity contribution in [3.05, 3.63) is 59.4 Å². The molecule has 1 heterocycles. The van der Waals surface area contributed by atoms with E-state index in [1.165, 1.54) is 12.8 Å². The molecule has 1 unspecified atom stereocenters. The van der Waals surface area contributed by atoms with Gasteiger partial charge in [-0.1, -0.05) is 12.1 Å². The van der Waals surface area contributed by atoms with Crippen molar-refractivity contribution in [2.75, 3.05) is 19.6 Å². The Morgan fingerprint density at radius 3 is 2.38 bits per heavy atom. The average molecular weight is 362 g/mol. The third kappa shape index (κ3) is 4.43. The quantitative estimate of drug-likeness (QED) is 0.793. The van der Waals surface area contributed by atoms with Crippen molar-refractivity contribution in [1.82, 2.24) is 10.6 Å². The van der Waals surface area contributed by atoms with Gasteiger partial charge in [-0.25, -0.2) is 13.2 Å². The molecule has 6 heteroatoms. The van der Waals surface area contributed by atoms with Gasteiger partial charge in [0.15, 0.2) is 17.5 Å². The fourth-order valence-corrected chi connectivity index (χ4v) is 3.20. The molecule has 138 valence electrons. The topological polar surface area (TPSA) is 41.1 Å². The highest BCUT2D eigenvalue weighted by Crippen LogP contribution is 2.24. The summed E-state index contributed by atoms with van der Waals surface area (Å²) >= 11 is 0. The van der Waals surface area contributed by atoms with E-state index >= 15 is 0 Å². The van der Waals surface area contributed by atoms with Crippen LogP contribution in [0.3, 0.4) is 0 Å². The lowest BCUT2D eigenvalue weighted by Gasteiger charge is -2.22. The highest BCUT2D eigenvalue weighted by atomic mass is 19.2. The normalized spacial score (nSPS) is 17.1. The summed E-state index contributed by atoms with van der Waals surface area (Å²) in [5.41, 5.74) is 1.20. The summed E-state index contributed by atoms with van der Waals surface area (Å²) in [6.07, 6.45) is 3.29. The van der Waals surface area contributed by atoms with Crippen LogP contribution in [-0.2, 0) is 0 Å². The van der Waals surface area contributed by atoms with Crippen LogP contribution in [0.15, 0.2) is 36.4 Å². The molecule has 2 aromatic carbocycles. The Kier molecular flexibility index (Phi) is 5.93. The second kappa shape index (κ2) is 8.36. The first-order valence-electron chi connectivity index (χ1n) is 8.78. The maximum Gasteiger partial charge on any atom is 0.251 e. The molecule has 0 aromatic heterocycles. The molecular weight excluding hydrogens is 341 g/mol. The number of halogens is 3. The van der Waals surface area contributed by atoms with Crippen LogP contribution in [0.5, 0.6) is 0 Å². The van der Waals surface area contributed by atoms with Gasteiger partial charge in [-0.05, 0) is 73.7 Å². The molecule has 0 spiro atoms. The monoisotopic (exact) mass is 362 g/mol. The number of benzene rings is 2. The molecule has 3 rings (SSSR count). The van der Waals surface area contributed by atoms with Crippen LogP contribution in [0.25, 0.3) is 11.1 Å². The van der Waals surface area contributed by atoms with Crippen molar-refractivity contribution in [2.24, 2.45) is 5.92 Å². The number of amides is 1. The zero-order chi connectivity index (χ0) is 18.5. The van der Waals surface area contributed by atoms with Crippen LogP contribution in [0.2, 0.25) is 0 Å². The van der Waals surface area contributed by atoms with Crippen molar-refractivity contribution in [3.63, 3.8) is 0 Å². The molecule has 1 fully saturated rings. The Bertz CT molecular complexity index is 748. The highest BCUT2D eigenvalue weighted by molar-refractivity contribution is 5.94. The Morgan fingerprint density at radius 1 is 1.08 bits per heavy atom. The van der Waals surface area contributed by atoms with Gasteiger partial charge >= 0.3 is 0 Å². The fourth-order valence-electron chi connectivity index (χ4n) is 3.20. The maximum atomic E-state index is 13.3. The summed E-state index contributed by atoms with van der Waals surface area (Å²) in [6.45, 7) is 2.67. The summed E-state index contributed by atoms with van der Waals surface area (Å²) in [5, 5.41) is 6.24. The molecule has 1 saturated heterocycles. The molecule has 26 heavy (non-hydrogen) atoms.